The van der Waals surface area contributed by atoms with E-state index in [1.807, 2.05) is 142 Å². The monoisotopic (exact) mass is 1870 g/mol. The Hall–Kier alpha value is -12.2. The molecule has 732 valence electrons. The summed E-state index contributed by atoms with van der Waals surface area (Å²) in [5.41, 5.74) is 16.5. The molecule has 0 spiro atoms. The van der Waals surface area contributed by atoms with Crippen molar-refractivity contribution in [1.29, 1.82) is 0 Å². The van der Waals surface area contributed by atoms with Crippen LogP contribution in [0.5, 0.6) is 57.5 Å². The molecule has 0 radical (unpaired) electrons. The van der Waals surface area contributed by atoms with Crippen LogP contribution < -0.4 is 47.4 Å². The Labute approximate surface area is 822 Å². The van der Waals surface area contributed by atoms with Gasteiger partial charge in [-0.2, -0.15) is 0 Å². The number of hydrogen-bond acceptors (Lipinski definition) is 16. The molecule has 12 aromatic rings. The van der Waals surface area contributed by atoms with Crippen LogP contribution in [0.1, 0.15) is 269 Å². The third-order valence-corrected chi connectivity index (χ3v) is 25.7. The van der Waals surface area contributed by atoms with Crippen LogP contribution in [0.15, 0.2) is 291 Å². The molecular weight excluding hydrogens is 1720 g/mol. The van der Waals surface area contributed by atoms with Crippen molar-refractivity contribution < 1.29 is 75.9 Å². The summed E-state index contributed by atoms with van der Waals surface area (Å²) in [6.45, 7) is 31.4. The second-order valence-electron chi connectivity index (χ2n) is 35.8. The zero-order valence-corrected chi connectivity index (χ0v) is 84.0. The van der Waals surface area contributed by atoms with Gasteiger partial charge in [-0.3, -0.25) is 9.59 Å². The molecule has 0 aliphatic heterocycles. The molecule has 2 aliphatic rings. The molecule has 0 aromatic heterocycles. The Balaban J connectivity index is 0.000000176. The minimum Gasteiger partial charge on any atom is -0.491 e. The van der Waals surface area contributed by atoms with E-state index >= 15 is 0 Å². The van der Waals surface area contributed by atoms with Gasteiger partial charge in [-0.05, 0) is 229 Å². The third kappa shape index (κ3) is 34.2. The minimum absolute atomic E-state index is 0.319. The van der Waals surface area contributed by atoms with Crippen LogP contribution in [-0.4, -0.2) is 90.0 Å². The van der Waals surface area contributed by atoms with Crippen LogP contribution in [0.25, 0.3) is 44.5 Å². The fourth-order valence-electron chi connectivity index (χ4n) is 16.9. The standard InChI is InChI=1S/C33H36O3.C32H34O3.C29H40O5.C28H38O5/c1-4-25(3)26-19-21-29(22-20-26)36-32(5-2)34-23-24-35-33-30(27-13-8-6-9-14-27)17-12-18-31(33)28-15-10-7-11-16-28;1-4-24(2)26-18-20-29(21-19-26)35-25(3)33-22-23-34-32-30(27-12-7-5-8-13-27)16-11-17-31(32)28-14-9-6-10-15-28;1-5-21(3)25-14-17-27(28(20-25)33-22(4)30)34-29(6-2)32-19-18-31-26-15-12-24(13-16-26)23-10-8-7-9-11-23;1-5-20(2)25-13-16-27(28(19-25)32-21(3)29)33-22(4)30-17-18-31-26-14-11-24(12-15-26)23-9-7-6-8-10-23/h6-22,25,32H,4-5,23-24H2,1-3H3;5-21,24-25H,4,22-23H2,1-3H3;12-17,20-21,23,29H,5-11,18-19H2,1-4H3;11-16,19-20,22-23H,5-10,17-18H2,1-4H3. The van der Waals surface area contributed by atoms with Gasteiger partial charge in [0.1, 0.15) is 60.9 Å². The number of para-hydroxylation sites is 2. The summed E-state index contributed by atoms with van der Waals surface area (Å²) in [7, 11) is 0. The van der Waals surface area contributed by atoms with Gasteiger partial charge in [-0.25, -0.2) is 0 Å². The van der Waals surface area contributed by atoms with E-state index in [-0.39, 0.29) is 24.5 Å². The fourth-order valence-corrected chi connectivity index (χ4v) is 16.9. The van der Waals surface area contributed by atoms with Crippen molar-refractivity contribution in [2.24, 2.45) is 0 Å². The number of carbonyl (C=O) groups is 2. The van der Waals surface area contributed by atoms with Crippen molar-refractivity contribution in [3.63, 3.8) is 0 Å². The largest absolute Gasteiger partial charge is 0.491 e. The van der Waals surface area contributed by atoms with Crippen LogP contribution in [-0.2, 0) is 28.5 Å². The molecule has 0 heterocycles. The first-order valence-corrected chi connectivity index (χ1v) is 50.5. The van der Waals surface area contributed by atoms with Gasteiger partial charge in [0, 0.05) is 48.9 Å². The molecule has 0 saturated heterocycles. The number of ether oxygens (including phenoxy) is 14. The molecule has 16 nitrogen and oxygen atoms in total. The number of benzene rings is 12. The Kier molecular flexibility index (Phi) is 44.6. The van der Waals surface area contributed by atoms with Crippen LogP contribution in [0.3, 0.4) is 0 Å². The maximum absolute atomic E-state index is 11.6. The highest BCUT2D eigenvalue weighted by atomic mass is 16.7. The Morgan fingerprint density at radius 1 is 0.268 bits per heavy atom. The molecule has 12 aromatic carbocycles. The molecule has 16 heteroatoms. The number of hydrogen-bond donors (Lipinski definition) is 0. The van der Waals surface area contributed by atoms with Gasteiger partial charge in [-0.15, -0.1) is 0 Å². The van der Waals surface area contributed by atoms with Gasteiger partial charge in [0.2, 0.25) is 0 Å². The van der Waals surface area contributed by atoms with E-state index in [0.29, 0.717) is 118 Å². The van der Waals surface area contributed by atoms with Crippen LogP contribution >= 0.6 is 0 Å². The number of carbonyl (C=O) groups excluding carboxylic acids is 2. The Morgan fingerprint density at radius 2 is 0.565 bits per heavy atom. The third-order valence-electron chi connectivity index (χ3n) is 25.7. The van der Waals surface area contributed by atoms with Crippen LogP contribution in [0.2, 0.25) is 0 Å². The van der Waals surface area contributed by atoms with Crippen molar-refractivity contribution >= 4 is 11.9 Å². The quantitative estimate of drug-likeness (QED) is 0.0153. The van der Waals surface area contributed by atoms with E-state index < -0.39 is 12.6 Å². The highest BCUT2D eigenvalue weighted by Gasteiger charge is 2.24. The molecule has 0 amide bonds. The summed E-state index contributed by atoms with van der Waals surface area (Å²) in [4.78, 5) is 23.1. The molecule has 14 rings (SSSR count). The molecule has 2 saturated carbocycles. The zero-order chi connectivity index (χ0) is 97.6. The topological polar surface area (TPSA) is 163 Å². The van der Waals surface area contributed by atoms with Gasteiger partial charge < -0.3 is 66.3 Å². The van der Waals surface area contributed by atoms with Crippen molar-refractivity contribution in [2.75, 3.05) is 52.9 Å². The van der Waals surface area contributed by atoms with E-state index in [1.54, 1.807) is 0 Å². The first kappa shape index (κ1) is 106. The van der Waals surface area contributed by atoms with Crippen LogP contribution in [0, 0.1) is 0 Å². The summed E-state index contributed by atoms with van der Waals surface area (Å²) in [6, 6.07) is 99.1. The minimum atomic E-state index is -0.508. The lowest BCUT2D eigenvalue weighted by Crippen LogP contribution is -2.23. The predicted molar refractivity (Wildman–Crippen MR) is 558 cm³/mol. The van der Waals surface area contributed by atoms with Gasteiger partial charge in [0.15, 0.2) is 48.2 Å². The second kappa shape index (κ2) is 57.9. The van der Waals surface area contributed by atoms with Gasteiger partial charge in [-0.1, -0.05) is 326 Å². The Morgan fingerprint density at radius 3 is 0.906 bits per heavy atom. The summed E-state index contributed by atoms with van der Waals surface area (Å²) in [5, 5.41) is 0. The van der Waals surface area contributed by atoms with E-state index in [4.69, 9.17) is 66.3 Å². The highest BCUT2D eigenvalue weighted by Crippen LogP contribution is 2.44. The second-order valence-corrected chi connectivity index (χ2v) is 35.8. The van der Waals surface area contributed by atoms with Gasteiger partial charge >= 0.3 is 11.9 Å². The summed E-state index contributed by atoms with van der Waals surface area (Å²) in [6.07, 6.45) is 17.3. The van der Waals surface area contributed by atoms with E-state index in [1.165, 1.54) is 100 Å². The highest BCUT2D eigenvalue weighted by molar-refractivity contribution is 5.84. The maximum atomic E-state index is 11.6. The number of esters is 2. The van der Waals surface area contributed by atoms with E-state index in [2.05, 4.69) is 232 Å². The fraction of sp³-hybridized carbons (Fsp3) is 0.393. The van der Waals surface area contributed by atoms with Crippen molar-refractivity contribution in [3.05, 3.63) is 325 Å². The van der Waals surface area contributed by atoms with E-state index in [9.17, 15) is 9.59 Å². The molecule has 138 heavy (non-hydrogen) atoms. The smallest absolute Gasteiger partial charge is 0.308 e. The average molecular weight is 1870 g/mol. The lowest BCUT2D eigenvalue weighted by atomic mass is 9.84. The van der Waals surface area contributed by atoms with Gasteiger partial charge in [0.05, 0.1) is 26.4 Å². The summed E-state index contributed by atoms with van der Waals surface area (Å²) < 4.78 is 82.9. The molecule has 2 aliphatic carbocycles. The molecule has 0 bridgehead atoms. The van der Waals surface area contributed by atoms with Crippen LogP contribution in [0.4, 0.5) is 0 Å². The zero-order valence-electron chi connectivity index (χ0n) is 84.0. The summed E-state index contributed by atoms with van der Waals surface area (Å²) in [5.74, 6) is 9.42. The SMILES string of the molecule is CCC(C)c1ccc(OC(C)OCCOc2c(-c3ccccc3)cccc2-c2ccccc2)cc1.CCC(C)c1ccc(OC(C)OCCOc2ccc(C3CCCCC3)cc2)c(OC(C)=O)c1.CCC(OCCOc1c(-c2ccccc2)cccc1-c1ccccc1)Oc1ccc(C(C)CC)cc1.CCC(OCCOc1ccc(C2CCCCC2)cc1)Oc1ccc(C(C)CC)cc1OC(C)=O. The van der Waals surface area contributed by atoms with E-state index in [0.717, 1.165) is 122 Å². The predicted octanol–water partition coefficient (Wildman–Crippen LogP) is 31.5. The average Bonchev–Trinajstić information content (AvgIpc) is 0.802. The first-order chi connectivity index (χ1) is 67.3. The lowest BCUT2D eigenvalue weighted by molar-refractivity contribution is -0.133. The molecule has 2 fully saturated rings. The van der Waals surface area contributed by atoms with Gasteiger partial charge in [0.25, 0.3) is 0 Å². The van der Waals surface area contributed by atoms with Crippen molar-refractivity contribution in [1.82, 2.24) is 0 Å². The first-order valence-electron chi connectivity index (χ1n) is 50.5. The van der Waals surface area contributed by atoms with Crippen molar-refractivity contribution in [2.45, 2.75) is 260 Å². The molecular formula is C122H148O16. The normalized spacial score (nSPS) is 14.3. The molecule has 0 N–H and O–H groups in total. The Bertz CT molecular complexity index is 5350. The van der Waals surface area contributed by atoms with Crippen molar-refractivity contribution in [3.8, 4) is 102 Å². The molecule has 8 atom stereocenters. The summed E-state index contributed by atoms with van der Waals surface area (Å²) >= 11 is 0. The molecule has 8 unspecified atom stereocenters. The lowest BCUT2D eigenvalue weighted by Gasteiger charge is -2.22. The number of rotatable bonds is 46. The maximum Gasteiger partial charge on any atom is 0.308 e.